The van der Waals surface area contributed by atoms with Gasteiger partial charge in [0.25, 0.3) is 0 Å². The quantitative estimate of drug-likeness (QED) is 0.340. The van der Waals surface area contributed by atoms with Crippen molar-refractivity contribution in [3.05, 3.63) is 17.1 Å². The second-order valence-electron chi connectivity index (χ2n) is 2.05. The van der Waals surface area contributed by atoms with Gasteiger partial charge in [0.1, 0.15) is 0 Å². The van der Waals surface area contributed by atoms with E-state index < -0.39 is 5.97 Å². The van der Waals surface area contributed by atoms with Gasteiger partial charge in [-0.25, -0.2) is 9.17 Å². The zero-order valence-corrected chi connectivity index (χ0v) is 7.74. The third kappa shape index (κ3) is 2.25. The summed E-state index contributed by atoms with van der Waals surface area (Å²) in [6.07, 6.45) is 1.52. The third-order valence-electron chi connectivity index (χ3n) is 1.24. The highest BCUT2D eigenvalue weighted by molar-refractivity contribution is 7.09. The van der Waals surface area contributed by atoms with Crippen molar-refractivity contribution in [1.82, 2.24) is 4.37 Å². The van der Waals surface area contributed by atoms with E-state index in [0.717, 1.165) is 11.5 Å². The van der Waals surface area contributed by atoms with E-state index in [-0.39, 0.29) is 12.3 Å². The lowest BCUT2D eigenvalue weighted by molar-refractivity contribution is -0.135. The van der Waals surface area contributed by atoms with Crippen LogP contribution in [0.25, 0.3) is 0 Å². The van der Waals surface area contributed by atoms with Crippen molar-refractivity contribution in [2.45, 2.75) is 6.92 Å². The van der Waals surface area contributed by atoms with E-state index >= 15 is 0 Å². The number of hydrogen-bond donors (Lipinski definition) is 1. The molecule has 1 rings (SSSR count). The summed E-state index contributed by atoms with van der Waals surface area (Å²) < 4.78 is 8.44. The number of carbonyl (C=O) groups excluding carboxylic acids is 1. The average Bonchev–Trinajstić information content (AvgIpc) is 2.59. The molecule has 70 valence electrons. The van der Waals surface area contributed by atoms with Gasteiger partial charge >= 0.3 is 5.97 Å². The Balaban J connectivity index is 2.82. The molecule has 0 aliphatic carbocycles. The Hall–Kier alpha value is -1.43. The minimum Gasteiger partial charge on any atom is -0.461 e. The fourth-order valence-corrected chi connectivity index (χ4v) is 1.30. The molecule has 0 saturated carbocycles. The van der Waals surface area contributed by atoms with Crippen molar-refractivity contribution < 1.29 is 14.7 Å². The number of hydrogen-bond acceptors (Lipinski definition) is 6. The van der Waals surface area contributed by atoms with Crippen molar-refractivity contribution in [2.24, 2.45) is 5.16 Å². The molecule has 0 atom stereocenters. The summed E-state index contributed by atoms with van der Waals surface area (Å²) in [6, 6.07) is 1.58. The second-order valence-corrected chi connectivity index (χ2v) is 2.88. The Labute approximate surface area is 78.8 Å². The molecule has 0 aromatic carbocycles. The predicted molar refractivity (Wildman–Crippen MR) is 47.1 cm³/mol. The van der Waals surface area contributed by atoms with E-state index in [9.17, 15) is 4.79 Å². The van der Waals surface area contributed by atoms with Gasteiger partial charge in [-0.1, -0.05) is 5.16 Å². The van der Waals surface area contributed by atoms with Gasteiger partial charge in [0, 0.05) is 6.20 Å². The Morgan fingerprint density at radius 1 is 1.85 bits per heavy atom. The third-order valence-corrected chi connectivity index (χ3v) is 1.99. The van der Waals surface area contributed by atoms with Crippen LogP contribution in [0.4, 0.5) is 0 Å². The van der Waals surface area contributed by atoms with Gasteiger partial charge in [-0.3, -0.25) is 0 Å². The lowest BCUT2D eigenvalue weighted by Gasteiger charge is -1.99. The van der Waals surface area contributed by atoms with Gasteiger partial charge in [-0.05, 0) is 24.5 Å². The molecule has 13 heavy (non-hydrogen) atoms. The molecule has 1 N–H and O–H groups in total. The van der Waals surface area contributed by atoms with E-state index in [2.05, 4.69) is 14.3 Å². The Bertz CT molecular complexity index is 308. The zero-order chi connectivity index (χ0) is 9.68. The number of ether oxygens (including phenoxy) is 1. The van der Waals surface area contributed by atoms with Gasteiger partial charge in [-0.2, -0.15) is 0 Å². The summed E-state index contributed by atoms with van der Waals surface area (Å²) in [5, 5.41) is 11.4. The molecule has 0 saturated heterocycles. The molecular weight excluding hydrogens is 192 g/mol. The summed E-state index contributed by atoms with van der Waals surface area (Å²) in [5.74, 6) is -0.644. The Kier molecular flexibility index (Phi) is 3.39. The van der Waals surface area contributed by atoms with Gasteiger partial charge in [0.15, 0.2) is 0 Å². The molecule has 0 amide bonds. The van der Waals surface area contributed by atoms with Crippen molar-refractivity contribution >= 4 is 23.2 Å². The van der Waals surface area contributed by atoms with E-state index in [4.69, 9.17) is 5.21 Å². The van der Waals surface area contributed by atoms with Crippen LogP contribution in [0.3, 0.4) is 0 Å². The molecule has 0 fully saturated rings. The number of nitrogens with zero attached hydrogens (tertiary/aromatic N) is 2. The lowest BCUT2D eigenvalue weighted by atomic mass is 10.3. The lowest BCUT2D eigenvalue weighted by Crippen LogP contribution is -2.17. The van der Waals surface area contributed by atoms with Gasteiger partial charge < -0.3 is 9.94 Å². The van der Waals surface area contributed by atoms with Crippen molar-refractivity contribution in [2.75, 3.05) is 6.61 Å². The number of esters is 1. The smallest absolute Gasteiger partial charge is 0.361 e. The fraction of sp³-hybridized carbons (Fsp3) is 0.286. The average molecular weight is 200 g/mol. The minimum atomic E-state index is -0.644. The first-order chi connectivity index (χ1) is 6.29. The van der Waals surface area contributed by atoms with Gasteiger partial charge in [0.2, 0.25) is 5.71 Å². The number of oxime groups is 1. The molecule has 6 heteroatoms. The zero-order valence-electron chi connectivity index (χ0n) is 6.93. The monoisotopic (exact) mass is 200 g/mol. The Morgan fingerprint density at radius 2 is 2.62 bits per heavy atom. The first-order valence-electron chi connectivity index (χ1n) is 3.59. The molecule has 0 aliphatic rings. The molecule has 0 bridgehead atoms. The maximum Gasteiger partial charge on any atom is 0.361 e. The van der Waals surface area contributed by atoms with Crippen molar-refractivity contribution in [1.29, 1.82) is 0 Å². The first-order valence-corrected chi connectivity index (χ1v) is 4.37. The molecule has 0 spiro atoms. The first kappa shape index (κ1) is 9.66. The fourth-order valence-electron chi connectivity index (χ4n) is 0.728. The molecule has 1 heterocycles. The Morgan fingerprint density at radius 3 is 3.08 bits per heavy atom. The topological polar surface area (TPSA) is 71.8 Å². The molecule has 0 radical (unpaired) electrons. The molecule has 0 unspecified atom stereocenters. The summed E-state index contributed by atoms with van der Waals surface area (Å²) in [5.41, 5.74) is -0.107. The molecule has 1 aromatic heterocycles. The van der Waals surface area contributed by atoms with Gasteiger partial charge in [-0.15, -0.1) is 0 Å². The molecule has 0 aliphatic heterocycles. The summed E-state index contributed by atoms with van der Waals surface area (Å²) in [7, 11) is 0. The van der Waals surface area contributed by atoms with Crippen LogP contribution in [0.2, 0.25) is 0 Å². The molecule has 1 aromatic rings. The normalized spacial score (nSPS) is 11.3. The van der Waals surface area contributed by atoms with Crippen LogP contribution in [0.1, 0.15) is 11.8 Å². The minimum absolute atomic E-state index is 0.107. The van der Waals surface area contributed by atoms with Crippen LogP contribution in [0, 0.1) is 0 Å². The van der Waals surface area contributed by atoms with Crippen LogP contribution in [-0.4, -0.2) is 27.9 Å². The van der Waals surface area contributed by atoms with Crippen LogP contribution in [0.15, 0.2) is 17.4 Å². The second kappa shape index (κ2) is 4.56. The number of rotatable bonds is 3. The van der Waals surface area contributed by atoms with E-state index in [0.29, 0.717) is 4.88 Å². The highest BCUT2D eigenvalue weighted by Crippen LogP contribution is 2.07. The highest BCUT2D eigenvalue weighted by Gasteiger charge is 2.17. The SMILES string of the molecule is CCOC(=O)/C(=N\O)c1ccns1. The number of aromatic nitrogens is 1. The summed E-state index contributed by atoms with van der Waals surface area (Å²) in [6.45, 7) is 1.93. The molecular formula is C7H8N2O3S. The maximum atomic E-state index is 11.1. The maximum absolute atomic E-state index is 11.1. The predicted octanol–water partition coefficient (Wildman–Crippen LogP) is 0.885. The van der Waals surface area contributed by atoms with Crippen LogP contribution in [0.5, 0.6) is 0 Å². The van der Waals surface area contributed by atoms with E-state index in [1.54, 1.807) is 13.0 Å². The molecule has 5 nitrogen and oxygen atoms in total. The standard InChI is InChI=1S/C7H8N2O3S/c1-2-12-7(10)6(9-11)5-3-4-8-13-5/h3-4,11H,2H2,1H3/b9-6-. The highest BCUT2D eigenvalue weighted by atomic mass is 32.1. The number of carbonyl (C=O) groups is 1. The summed E-state index contributed by atoms with van der Waals surface area (Å²) >= 11 is 1.07. The van der Waals surface area contributed by atoms with Crippen LogP contribution >= 0.6 is 11.5 Å². The largest absolute Gasteiger partial charge is 0.461 e. The van der Waals surface area contributed by atoms with Crippen LogP contribution < -0.4 is 0 Å². The van der Waals surface area contributed by atoms with E-state index in [1.165, 1.54) is 6.20 Å². The van der Waals surface area contributed by atoms with Gasteiger partial charge in [0.05, 0.1) is 11.5 Å². The van der Waals surface area contributed by atoms with Crippen molar-refractivity contribution in [3.8, 4) is 0 Å². The van der Waals surface area contributed by atoms with E-state index in [1.807, 2.05) is 0 Å². The van der Waals surface area contributed by atoms with Crippen LogP contribution in [-0.2, 0) is 9.53 Å². The van der Waals surface area contributed by atoms with Crippen molar-refractivity contribution in [3.63, 3.8) is 0 Å². The summed E-state index contributed by atoms with van der Waals surface area (Å²) in [4.78, 5) is 11.6.